The SMILES string of the molecule is Cc1ccc(C#CCO)cc1C(=O)NCCCC(F)(F)F. The molecule has 6 heteroatoms. The summed E-state index contributed by atoms with van der Waals surface area (Å²) in [7, 11) is 0. The Labute approximate surface area is 121 Å². The summed E-state index contributed by atoms with van der Waals surface area (Å²) < 4.78 is 36.0. The van der Waals surface area contributed by atoms with E-state index in [-0.39, 0.29) is 19.6 Å². The highest BCUT2D eigenvalue weighted by Gasteiger charge is 2.26. The molecule has 21 heavy (non-hydrogen) atoms. The first-order chi connectivity index (χ1) is 9.83. The maximum atomic E-state index is 12.0. The van der Waals surface area contributed by atoms with Crippen LogP contribution < -0.4 is 5.32 Å². The molecule has 0 aromatic heterocycles. The minimum Gasteiger partial charge on any atom is -0.384 e. The average Bonchev–Trinajstić information content (AvgIpc) is 2.41. The third kappa shape index (κ3) is 6.32. The van der Waals surface area contributed by atoms with Gasteiger partial charge in [0.2, 0.25) is 0 Å². The summed E-state index contributed by atoms with van der Waals surface area (Å²) in [5.41, 5.74) is 1.64. The molecule has 0 spiro atoms. The monoisotopic (exact) mass is 299 g/mol. The van der Waals surface area contributed by atoms with Gasteiger partial charge >= 0.3 is 6.18 Å². The summed E-state index contributed by atoms with van der Waals surface area (Å²) in [5.74, 6) is 4.71. The zero-order chi connectivity index (χ0) is 15.9. The van der Waals surface area contributed by atoms with Crippen LogP contribution in [-0.2, 0) is 0 Å². The Kier molecular flexibility index (Phi) is 6.25. The Morgan fingerprint density at radius 3 is 2.71 bits per heavy atom. The van der Waals surface area contributed by atoms with Crippen LogP contribution in [0, 0.1) is 18.8 Å². The van der Waals surface area contributed by atoms with Gasteiger partial charge in [0.1, 0.15) is 6.61 Å². The molecule has 1 amide bonds. The van der Waals surface area contributed by atoms with Gasteiger partial charge in [-0.25, -0.2) is 0 Å². The van der Waals surface area contributed by atoms with E-state index in [0.717, 1.165) is 0 Å². The van der Waals surface area contributed by atoms with Crippen LogP contribution in [0.3, 0.4) is 0 Å². The molecule has 1 aromatic rings. The molecule has 0 bridgehead atoms. The van der Waals surface area contributed by atoms with Crippen LogP contribution in [-0.4, -0.2) is 30.3 Å². The molecule has 0 radical (unpaired) electrons. The number of carbonyl (C=O) groups excluding carboxylic acids is 1. The fourth-order valence-corrected chi connectivity index (χ4v) is 1.67. The van der Waals surface area contributed by atoms with E-state index in [1.165, 1.54) is 0 Å². The van der Waals surface area contributed by atoms with Gasteiger partial charge in [-0.3, -0.25) is 4.79 Å². The van der Waals surface area contributed by atoms with Gasteiger partial charge in [0.15, 0.2) is 0 Å². The molecule has 0 aliphatic rings. The zero-order valence-corrected chi connectivity index (χ0v) is 11.5. The number of aryl methyl sites for hydroxylation is 1. The Hall–Kier alpha value is -2.00. The first-order valence-corrected chi connectivity index (χ1v) is 6.39. The predicted molar refractivity (Wildman–Crippen MR) is 72.8 cm³/mol. The van der Waals surface area contributed by atoms with Gasteiger partial charge in [0.05, 0.1) is 0 Å². The summed E-state index contributed by atoms with van der Waals surface area (Å²) in [6.07, 6.45) is -5.28. The van der Waals surface area contributed by atoms with E-state index in [9.17, 15) is 18.0 Å². The third-order valence-electron chi connectivity index (χ3n) is 2.72. The van der Waals surface area contributed by atoms with E-state index in [4.69, 9.17) is 5.11 Å². The summed E-state index contributed by atoms with van der Waals surface area (Å²) in [5, 5.41) is 11.1. The summed E-state index contributed by atoms with van der Waals surface area (Å²) in [6.45, 7) is 1.41. The van der Waals surface area contributed by atoms with E-state index in [2.05, 4.69) is 17.2 Å². The summed E-state index contributed by atoms with van der Waals surface area (Å²) in [6, 6.07) is 4.96. The molecule has 0 aliphatic carbocycles. The maximum absolute atomic E-state index is 12.0. The lowest BCUT2D eigenvalue weighted by Crippen LogP contribution is -2.26. The number of amides is 1. The normalized spacial score (nSPS) is 10.7. The van der Waals surface area contributed by atoms with Crippen molar-refractivity contribution in [2.75, 3.05) is 13.2 Å². The first kappa shape index (κ1) is 17.1. The van der Waals surface area contributed by atoms with Crippen molar-refractivity contribution >= 4 is 5.91 Å². The molecule has 3 nitrogen and oxygen atoms in total. The molecule has 1 rings (SSSR count). The van der Waals surface area contributed by atoms with Gasteiger partial charge in [-0.05, 0) is 31.0 Å². The van der Waals surface area contributed by atoms with Crippen molar-refractivity contribution in [2.45, 2.75) is 25.9 Å². The maximum Gasteiger partial charge on any atom is 0.389 e. The fourth-order valence-electron chi connectivity index (χ4n) is 1.67. The van der Waals surface area contributed by atoms with Crippen LogP contribution in [0.1, 0.15) is 34.3 Å². The van der Waals surface area contributed by atoms with Crippen LogP contribution in [0.25, 0.3) is 0 Å². The van der Waals surface area contributed by atoms with Gasteiger partial charge in [0, 0.05) is 24.1 Å². The largest absolute Gasteiger partial charge is 0.389 e. The number of halogens is 3. The van der Waals surface area contributed by atoms with Gasteiger partial charge in [-0.15, -0.1) is 0 Å². The molecule has 0 saturated carbocycles. The number of hydrogen-bond acceptors (Lipinski definition) is 2. The smallest absolute Gasteiger partial charge is 0.384 e. The third-order valence-corrected chi connectivity index (χ3v) is 2.72. The fraction of sp³-hybridized carbons (Fsp3) is 0.400. The predicted octanol–water partition coefficient (Wildman–Crippen LogP) is 2.41. The van der Waals surface area contributed by atoms with Crippen LogP contribution in [0.15, 0.2) is 18.2 Å². The van der Waals surface area contributed by atoms with Crippen LogP contribution in [0.5, 0.6) is 0 Å². The average molecular weight is 299 g/mol. The Morgan fingerprint density at radius 1 is 1.38 bits per heavy atom. The molecule has 0 heterocycles. The summed E-state index contributed by atoms with van der Waals surface area (Å²) >= 11 is 0. The lowest BCUT2D eigenvalue weighted by Gasteiger charge is -2.09. The number of alkyl halides is 3. The van der Waals surface area contributed by atoms with Gasteiger partial charge in [0.25, 0.3) is 5.91 Å². The van der Waals surface area contributed by atoms with E-state index in [0.29, 0.717) is 16.7 Å². The molecule has 0 aliphatic heterocycles. The van der Waals surface area contributed by atoms with Crippen LogP contribution in [0.4, 0.5) is 13.2 Å². The van der Waals surface area contributed by atoms with Crippen molar-refractivity contribution in [1.29, 1.82) is 0 Å². The van der Waals surface area contributed by atoms with E-state index in [1.54, 1.807) is 25.1 Å². The molecule has 0 saturated heterocycles. The van der Waals surface area contributed by atoms with Gasteiger partial charge < -0.3 is 10.4 Å². The molecule has 1 aromatic carbocycles. The molecular formula is C15H16F3NO2. The van der Waals surface area contributed by atoms with E-state index in [1.807, 2.05) is 0 Å². The minimum atomic E-state index is -4.21. The van der Waals surface area contributed by atoms with Crippen molar-refractivity contribution in [3.05, 3.63) is 34.9 Å². The highest BCUT2D eigenvalue weighted by atomic mass is 19.4. The Bertz CT molecular complexity index is 556. The molecule has 2 N–H and O–H groups in total. The standard InChI is InChI=1S/C15H16F3NO2/c1-11-5-6-12(4-2-9-20)10-13(11)14(21)19-8-3-7-15(16,17)18/h5-6,10,20H,3,7-9H2,1H3,(H,19,21). The quantitative estimate of drug-likeness (QED) is 0.662. The molecule has 0 atom stereocenters. The number of carbonyl (C=O) groups is 1. The number of aliphatic hydroxyl groups excluding tert-OH is 1. The van der Waals surface area contributed by atoms with Crippen molar-refractivity contribution in [2.24, 2.45) is 0 Å². The number of rotatable bonds is 4. The molecule has 0 unspecified atom stereocenters. The van der Waals surface area contributed by atoms with Crippen LogP contribution in [0.2, 0.25) is 0 Å². The highest BCUT2D eigenvalue weighted by molar-refractivity contribution is 5.96. The van der Waals surface area contributed by atoms with Gasteiger partial charge in [-0.2, -0.15) is 13.2 Å². The molecular weight excluding hydrogens is 283 g/mol. The highest BCUT2D eigenvalue weighted by Crippen LogP contribution is 2.20. The van der Waals surface area contributed by atoms with Crippen molar-refractivity contribution in [3.63, 3.8) is 0 Å². The molecule has 114 valence electrons. The Morgan fingerprint density at radius 2 is 2.10 bits per heavy atom. The lowest BCUT2D eigenvalue weighted by molar-refractivity contribution is -0.135. The lowest BCUT2D eigenvalue weighted by atomic mass is 10.0. The van der Waals surface area contributed by atoms with Crippen LogP contribution >= 0.6 is 0 Å². The van der Waals surface area contributed by atoms with Gasteiger partial charge in [-0.1, -0.05) is 17.9 Å². The number of aliphatic hydroxyl groups is 1. The number of benzene rings is 1. The van der Waals surface area contributed by atoms with Crippen molar-refractivity contribution < 1.29 is 23.1 Å². The summed E-state index contributed by atoms with van der Waals surface area (Å²) in [4.78, 5) is 11.9. The first-order valence-electron chi connectivity index (χ1n) is 6.39. The van der Waals surface area contributed by atoms with E-state index < -0.39 is 18.5 Å². The van der Waals surface area contributed by atoms with Crippen molar-refractivity contribution in [3.8, 4) is 11.8 Å². The second-order valence-electron chi connectivity index (χ2n) is 4.46. The Balaban J connectivity index is 2.65. The topological polar surface area (TPSA) is 49.3 Å². The molecule has 0 fully saturated rings. The number of nitrogens with one attached hydrogen (secondary N) is 1. The second-order valence-corrected chi connectivity index (χ2v) is 4.46. The van der Waals surface area contributed by atoms with E-state index >= 15 is 0 Å². The van der Waals surface area contributed by atoms with Crippen molar-refractivity contribution in [1.82, 2.24) is 5.32 Å². The second kappa shape index (κ2) is 7.70. The minimum absolute atomic E-state index is 0.0374. The number of hydrogen-bond donors (Lipinski definition) is 2. The zero-order valence-electron chi connectivity index (χ0n) is 11.5.